The molecule has 1 aliphatic carbocycles. The van der Waals surface area contributed by atoms with Crippen LogP contribution < -0.4 is 0 Å². The van der Waals surface area contributed by atoms with Crippen molar-refractivity contribution in [3.63, 3.8) is 0 Å². The van der Waals surface area contributed by atoms with Crippen LogP contribution in [-0.4, -0.2) is 27.4 Å². The van der Waals surface area contributed by atoms with E-state index < -0.39 is 12.1 Å². The Hall–Kier alpha value is -1.65. The fraction of sp³-hybridized carbons (Fsp3) is 0.625. The Morgan fingerprint density at radius 3 is 2.57 bits per heavy atom. The standard InChI is InChI=1S/C24H36O4/c1-2-3-6-10-21(25)18-12-14-20(15-13-18)24-19(16-17-22(24)26)9-7-4-5-8-11-23(27)28/h4,7,12-15,19,21-22,24-26H,2-3,5-6,8-11,16-17H2,1H3,(H,27,28)/b7-4-/t19?,21-,22-,24+/m1/s1. The number of carboxylic acid groups (broad SMARTS) is 1. The average Bonchev–Trinajstić information content (AvgIpc) is 3.05. The van der Waals surface area contributed by atoms with E-state index in [1.54, 1.807) is 0 Å². The number of benzene rings is 1. The summed E-state index contributed by atoms with van der Waals surface area (Å²) in [7, 11) is 0. The molecule has 156 valence electrons. The van der Waals surface area contributed by atoms with Gasteiger partial charge in [0.2, 0.25) is 0 Å². The second kappa shape index (κ2) is 12.0. The first-order valence-electron chi connectivity index (χ1n) is 10.9. The van der Waals surface area contributed by atoms with Gasteiger partial charge in [0.1, 0.15) is 0 Å². The highest BCUT2D eigenvalue weighted by atomic mass is 16.4. The van der Waals surface area contributed by atoms with E-state index in [2.05, 4.69) is 31.2 Å². The predicted octanol–water partition coefficient (Wildman–Crippen LogP) is 5.36. The quantitative estimate of drug-likeness (QED) is 0.333. The number of aliphatic hydroxyl groups is 2. The third kappa shape index (κ3) is 7.06. The van der Waals surface area contributed by atoms with E-state index in [1.807, 2.05) is 12.1 Å². The number of unbranched alkanes of at least 4 members (excludes halogenated alkanes) is 3. The minimum absolute atomic E-state index is 0.134. The highest BCUT2D eigenvalue weighted by molar-refractivity contribution is 5.66. The lowest BCUT2D eigenvalue weighted by atomic mass is 9.85. The van der Waals surface area contributed by atoms with Crippen LogP contribution in [0.5, 0.6) is 0 Å². The number of hydrogen-bond donors (Lipinski definition) is 3. The average molecular weight is 389 g/mol. The lowest BCUT2D eigenvalue weighted by Gasteiger charge is -2.22. The number of aliphatic carboxylic acids is 1. The van der Waals surface area contributed by atoms with Crippen molar-refractivity contribution in [2.45, 2.75) is 89.3 Å². The normalized spacial score (nSPS) is 23.3. The van der Waals surface area contributed by atoms with E-state index in [9.17, 15) is 15.0 Å². The van der Waals surface area contributed by atoms with Crippen LogP contribution in [0.3, 0.4) is 0 Å². The maximum absolute atomic E-state index is 10.5. The maximum atomic E-state index is 10.5. The van der Waals surface area contributed by atoms with Crippen molar-refractivity contribution in [2.75, 3.05) is 0 Å². The van der Waals surface area contributed by atoms with Crippen LogP contribution in [0, 0.1) is 5.92 Å². The maximum Gasteiger partial charge on any atom is 0.303 e. The zero-order valence-electron chi connectivity index (χ0n) is 17.1. The number of rotatable bonds is 12. The molecule has 0 amide bonds. The molecule has 0 aliphatic heterocycles. The van der Waals surface area contributed by atoms with Crippen LogP contribution in [-0.2, 0) is 4.79 Å². The number of aliphatic hydroxyl groups excluding tert-OH is 2. The Morgan fingerprint density at radius 1 is 1.14 bits per heavy atom. The minimum atomic E-state index is -0.744. The second-order valence-corrected chi connectivity index (χ2v) is 8.10. The van der Waals surface area contributed by atoms with Gasteiger partial charge in [0.25, 0.3) is 0 Å². The predicted molar refractivity (Wildman–Crippen MR) is 112 cm³/mol. The Bertz CT molecular complexity index is 608. The third-order valence-electron chi connectivity index (χ3n) is 5.91. The van der Waals surface area contributed by atoms with Gasteiger partial charge in [0.15, 0.2) is 0 Å². The molecule has 3 N–H and O–H groups in total. The molecule has 1 aliphatic rings. The minimum Gasteiger partial charge on any atom is -0.481 e. The molecule has 0 aromatic heterocycles. The van der Waals surface area contributed by atoms with Gasteiger partial charge >= 0.3 is 5.97 Å². The van der Waals surface area contributed by atoms with Crippen molar-refractivity contribution in [1.82, 2.24) is 0 Å². The molecule has 0 spiro atoms. The summed E-state index contributed by atoms with van der Waals surface area (Å²) in [5, 5.41) is 29.5. The van der Waals surface area contributed by atoms with E-state index >= 15 is 0 Å². The molecular weight excluding hydrogens is 352 g/mol. The van der Waals surface area contributed by atoms with Crippen molar-refractivity contribution in [3.05, 3.63) is 47.5 Å². The molecule has 0 bridgehead atoms. The summed E-state index contributed by atoms with van der Waals surface area (Å²) in [5.74, 6) is -0.202. The summed E-state index contributed by atoms with van der Waals surface area (Å²) in [6.07, 6.45) is 12.1. The number of allylic oxidation sites excluding steroid dienone is 2. The van der Waals surface area contributed by atoms with Gasteiger partial charge in [-0.2, -0.15) is 0 Å². The topological polar surface area (TPSA) is 77.8 Å². The van der Waals surface area contributed by atoms with Gasteiger partial charge in [-0.15, -0.1) is 0 Å². The van der Waals surface area contributed by atoms with Gasteiger partial charge in [0, 0.05) is 12.3 Å². The Morgan fingerprint density at radius 2 is 1.89 bits per heavy atom. The molecule has 4 nitrogen and oxygen atoms in total. The molecular formula is C24H36O4. The van der Waals surface area contributed by atoms with Gasteiger partial charge in [-0.1, -0.05) is 62.6 Å². The summed E-state index contributed by atoms with van der Waals surface area (Å²) >= 11 is 0. The number of carbonyl (C=O) groups is 1. The van der Waals surface area contributed by atoms with Gasteiger partial charge in [0.05, 0.1) is 12.2 Å². The van der Waals surface area contributed by atoms with Crippen molar-refractivity contribution in [2.24, 2.45) is 5.92 Å². The summed E-state index contributed by atoms with van der Waals surface area (Å²) in [6, 6.07) is 8.16. The van der Waals surface area contributed by atoms with Crippen LogP contribution >= 0.6 is 0 Å². The summed E-state index contributed by atoms with van der Waals surface area (Å²) < 4.78 is 0. The molecule has 4 atom stereocenters. The second-order valence-electron chi connectivity index (χ2n) is 8.10. The van der Waals surface area contributed by atoms with E-state index in [1.165, 1.54) is 0 Å². The van der Waals surface area contributed by atoms with Gasteiger partial charge in [-0.05, 0) is 55.6 Å². The fourth-order valence-corrected chi connectivity index (χ4v) is 4.27. The molecule has 4 heteroatoms. The fourth-order valence-electron chi connectivity index (χ4n) is 4.27. The SMILES string of the molecule is CCCCC[C@@H](O)c1ccc([C@@H]2C(C/C=C\CCCC(=O)O)CC[C@H]2O)cc1. The Kier molecular flexibility index (Phi) is 9.72. The summed E-state index contributed by atoms with van der Waals surface area (Å²) in [4.78, 5) is 10.5. The Balaban J connectivity index is 1.90. The molecule has 2 rings (SSSR count). The van der Waals surface area contributed by atoms with Gasteiger partial charge in [-0.25, -0.2) is 0 Å². The largest absolute Gasteiger partial charge is 0.481 e. The van der Waals surface area contributed by atoms with Crippen molar-refractivity contribution >= 4 is 5.97 Å². The Labute approximate surface area is 169 Å². The third-order valence-corrected chi connectivity index (χ3v) is 5.91. The molecule has 28 heavy (non-hydrogen) atoms. The van der Waals surface area contributed by atoms with E-state index in [0.717, 1.165) is 62.5 Å². The van der Waals surface area contributed by atoms with Crippen LogP contribution in [0.2, 0.25) is 0 Å². The molecule has 1 aromatic rings. The molecule has 1 aromatic carbocycles. The first kappa shape index (κ1) is 22.6. The monoisotopic (exact) mass is 388 g/mol. The molecule has 1 fully saturated rings. The van der Waals surface area contributed by atoms with Crippen molar-refractivity contribution in [3.8, 4) is 0 Å². The first-order valence-corrected chi connectivity index (χ1v) is 10.9. The van der Waals surface area contributed by atoms with Crippen molar-refractivity contribution < 1.29 is 20.1 Å². The molecule has 0 saturated heterocycles. The first-order chi connectivity index (χ1) is 13.5. The van der Waals surface area contributed by atoms with Crippen LogP contribution in [0.15, 0.2) is 36.4 Å². The van der Waals surface area contributed by atoms with E-state index in [4.69, 9.17) is 5.11 Å². The lowest BCUT2D eigenvalue weighted by molar-refractivity contribution is -0.137. The van der Waals surface area contributed by atoms with Crippen molar-refractivity contribution in [1.29, 1.82) is 0 Å². The highest BCUT2D eigenvalue weighted by Gasteiger charge is 2.35. The summed E-state index contributed by atoms with van der Waals surface area (Å²) in [6.45, 7) is 2.16. The molecule has 0 radical (unpaired) electrons. The van der Waals surface area contributed by atoms with Crippen LogP contribution in [0.25, 0.3) is 0 Å². The molecule has 1 unspecified atom stereocenters. The lowest BCUT2D eigenvalue weighted by Crippen LogP contribution is -2.17. The molecule has 0 heterocycles. The zero-order chi connectivity index (χ0) is 20.4. The van der Waals surface area contributed by atoms with E-state index in [-0.39, 0.29) is 18.4 Å². The van der Waals surface area contributed by atoms with Crippen LogP contribution in [0.4, 0.5) is 0 Å². The summed E-state index contributed by atoms with van der Waals surface area (Å²) in [5.41, 5.74) is 2.11. The van der Waals surface area contributed by atoms with Crippen LogP contribution in [0.1, 0.15) is 94.3 Å². The smallest absolute Gasteiger partial charge is 0.303 e. The molecule has 1 saturated carbocycles. The zero-order valence-corrected chi connectivity index (χ0v) is 17.1. The van der Waals surface area contributed by atoms with Gasteiger partial charge < -0.3 is 15.3 Å². The number of carboxylic acids is 1. The number of hydrogen-bond acceptors (Lipinski definition) is 3. The highest BCUT2D eigenvalue weighted by Crippen LogP contribution is 2.42. The van der Waals surface area contributed by atoms with E-state index in [0.29, 0.717) is 12.3 Å². The van der Waals surface area contributed by atoms with Gasteiger partial charge in [-0.3, -0.25) is 4.79 Å².